The van der Waals surface area contributed by atoms with Crippen molar-refractivity contribution < 1.29 is 10.2 Å². The standard InChI is InChI=1S/C52H44N10O2/c63-51-19-17-37(31-61(33-41-11-3-7-21-53-41)34-42-12-4-8-22-54-42)25-39(51)29-57-47-27-49-50(60-46-16-2-1-15-45(46)59-49)28-48(47)58-30-40-26-38(18-20-52(40)64)32-62(35-43-13-5-9-23-55-43)36-44-14-6-10-24-56-44/h1-30,63-64H,31-36H2. The van der Waals surface area contributed by atoms with E-state index in [1.807, 2.05) is 133 Å². The molecule has 0 bridgehead atoms. The average Bonchev–Trinajstić information content (AvgIpc) is 3.32. The maximum absolute atomic E-state index is 11.1. The molecule has 5 heterocycles. The molecule has 0 aliphatic carbocycles. The molecule has 314 valence electrons. The zero-order valence-corrected chi connectivity index (χ0v) is 34.9. The van der Waals surface area contributed by atoms with E-state index >= 15 is 0 Å². The van der Waals surface area contributed by atoms with Gasteiger partial charge in [-0.2, -0.15) is 0 Å². The second-order valence-electron chi connectivity index (χ2n) is 15.4. The molecule has 0 aliphatic rings. The molecule has 9 aromatic rings. The van der Waals surface area contributed by atoms with Gasteiger partial charge in [-0.05, 0) is 108 Å². The molecule has 4 aromatic carbocycles. The van der Waals surface area contributed by atoms with Crippen molar-refractivity contribution in [2.24, 2.45) is 9.98 Å². The Hall–Kier alpha value is -8.06. The fourth-order valence-electron chi connectivity index (χ4n) is 7.48. The summed E-state index contributed by atoms with van der Waals surface area (Å²) >= 11 is 0. The summed E-state index contributed by atoms with van der Waals surface area (Å²) in [5.41, 5.74) is 10.7. The van der Waals surface area contributed by atoms with Crippen LogP contribution in [0.15, 0.2) is 180 Å². The van der Waals surface area contributed by atoms with E-state index in [1.165, 1.54) is 0 Å². The Bertz CT molecular complexity index is 2760. The Kier molecular flexibility index (Phi) is 12.8. The lowest BCUT2D eigenvalue weighted by Crippen LogP contribution is -2.23. The van der Waals surface area contributed by atoms with Crippen molar-refractivity contribution in [3.8, 4) is 11.5 Å². The maximum atomic E-state index is 11.1. The van der Waals surface area contributed by atoms with Gasteiger partial charge in [-0.3, -0.25) is 39.7 Å². The monoisotopic (exact) mass is 840 g/mol. The second kappa shape index (κ2) is 19.8. The van der Waals surface area contributed by atoms with Gasteiger partial charge >= 0.3 is 0 Å². The van der Waals surface area contributed by atoms with E-state index in [9.17, 15) is 10.2 Å². The van der Waals surface area contributed by atoms with E-state index < -0.39 is 0 Å². The van der Waals surface area contributed by atoms with Crippen LogP contribution in [0, 0.1) is 0 Å². The summed E-state index contributed by atoms with van der Waals surface area (Å²) in [6.45, 7) is 3.61. The molecule has 5 aromatic heterocycles. The number of aromatic nitrogens is 6. The van der Waals surface area contributed by atoms with Crippen LogP contribution in [0.25, 0.3) is 22.1 Å². The van der Waals surface area contributed by atoms with Gasteiger partial charge in [0.05, 0.1) is 56.2 Å². The fraction of sp³-hybridized carbons (Fsp3) is 0.115. The Morgan fingerprint density at radius 2 is 0.750 bits per heavy atom. The predicted molar refractivity (Wildman–Crippen MR) is 251 cm³/mol. The number of rotatable bonds is 16. The molecule has 2 N–H and O–H groups in total. The largest absolute Gasteiger partial charge is 0.507 e. The minimum atomic E-state index is 0.0898. The number of fused-ring (bicyclic) bond motifs is 2. The van der Waals surface area contributed by atoms with Crippen LogP contribution in [0.2, 0.25) is 0 Å². The summed E-state index contributed by atoms with van der Waals surface area (Å²) in [5.74, 6) is 0.180. The Morgan fingerprint density at radius 1 is 0.391 bits per heavy atom. The zero-order chi connectivity index (χ0) is 43.5. The van der Waals surface area contributed by atoms with Crippen LogP contribution in [0.5, 0.6) is 11.5 Å². The zero-order valence-electron chi connectivity index (χ0n) is 34.9. The molecule has 64 heavy (non-hydrogen) atoms. The van der Waals surface area contributed by atoms with Crippen LogP contribution >= 0.6 is 0 Å². The first-order chi connectivity index (χ1) is 31.5. The van der Waals surface area contributed by atoms with E-state index in [1.54, 1.807) is 49.3 Å². The van der Waals surface area contributed by atoms with Crippen LogP contribution in [0.3, 0.4) is 0 Å². The molecule has 0 spiro atoms. The van der Waals surface area contributed by atoms with Gasteiger partial charge in [-0.1, -0.05) is 48.5 Å². The third kappa shape index (κ3) is 10.7. The van der Waals surface area contributed by atoms with E-state index in [0.29, 0.717) is 72.8 Å². The normalized spacial score (nSPS) is 11.8. The van der Waals surface area contributed by atoms with Crippen LogP contribution in [0.4, 0.5) is 11.4 Å². The van der Waals surface area contributed by atoms with Crippen LogP contribution < -0.4 is 0 Å². The highest BCUT2D eigenvalue weighted by molar-refractivity contribution is 5.95. The molecule has 12 nitrogen and oxygen atoms in total. The molecule has 0 unspecified atom stereocenters. The summed E-state index contributed by atoms with van der Waals surface area (Å²) < 4.78 is 0. The van der Waals surface area contributed by atoms with Gasteiger partial charge in [-0.25, -0.2) is 9.97 Å². The van der Waals surface area contributed by atoms with E-state index in [4.69, 9.17) is 20.0 Å². The van der Waals surface area contributed by atoms with Crippen molar-refractivity contribution in [3.05, 3.63) is 215 Å². The quantitative estimate of drug-likeness (QED) is 0.0712. The number of para-hydroxylation sites is 2. The highest BCUT2D eigenvalue weighted by atomic mass is 16.3. The molecule has 0 fully saturated rings. The first kappa shape index (κ1) is 41.3. The van der Waals surface area contributed by atoms with Crippen molar-refractivity contribution in [3.63, 3.8) is 0 Å². The van der Waals surface area contributed by atoms with E-state index in [-0.39, 0.29) is 11.5 Å². The Labute approximate surface area is 370 Å². The molecule has 0 saturated carbocycles. The van der Waals surface area contributed by atoms with Gasteiger partial charge < -0.3 is 10.2 Å². The van der Waals surface area contributed by atoms with Crippen LogP contribution in [-0.2, 0) is 39.3 Å². The number of pyridine rings is 4. The van der Waals surface area contributed by atoms with E-state index in [2.05, 4.69) is 29.7 Å². The smallest absolute Gasteiger partial charge is 0.124 e. The van der Waals surface area contributed by atoms with Gasteiger partial charge in [-0.15, -0.1) is 0 Å². The lowest BCUT2D eigenvalue weighted by Gasteiger charge is -2.22. The number of benzene rings is 4. The minimum absolute atomic E-state index is 0.0898. The number of hydrogen-bond donors (Lipinski definition) is 2. The van der Waals surface area contributed by atoms with Crippen molar-refractivity contribution in [2.45, 2.75) is 39.3 Å². The van der Waals surface area contributed by atoms with Gasteiger partial charge in [0.2, 0.25) is 0 Å². The number of hydrogen-bond acceptors (Lipinski definition) is 12. The van der Waals surface area contributed by atoms with Gasteiger partial charge in [0.1, 0.15) is 11.5 Å². The third-order valence-corrected chi connectivity index (χ3v) is 10.6. The molecule has 0 aliphatic heterocycles. The molecule has 0 amide bonds. The number of nitrogens with zero attached hydrogens (tertiary/aromatic N) is 10. The highest BCUT2D eigenvalue weighted by Crippen LogP contribution is 2.34. The lowest BCUT2D eigenvalue weighted by atomic mass is 10.1. The number of phenolic OH excluding ortho intramolecular Hbond substituents is 2. The summed E-state index contributed by atoms with van der Waals surface area (Å²) in [6.07, 6.45) is 10.5. The summed E-state index contributed by atoms with van der Waals surface area (Å²) in [7, 11) is 0. The molecule has 0 radical (unpaired) electrons. The first-order valence-corrected chi connectivity index (χ1v) is 20.9. The van der Waals surface area contributed by atoms with Crippen LogP contribution in [-0.4, -0.2) is 62.3 Å². The van der Waals surface area contributed by atoms with Crippen molar-refractivity contribution in [1.29, 1.82) is 0 Å². The maximum Gasteiger partial charge on any atom is 0.124 e. The van der Waals surface area contributed by atoms with Gasteiger partial charge in [0.15, 0.2) is 0 Å². The van der Waals surface area contributed by atoms with Gasteiger partial charge in [0.25, 0.3) is 0 Å². The summed E-state index contributed by atoms with van der Waals surface area (Å²) in [4.78, 5) is 42.4. The molecule has 0 atom stereocenters. The molecular weight excluding hydrogens is 797 g/mol. The summed E-state index contributed by atoms with van der Waals surface area (Å²) in [5, 5.41) is 22.2. The van der Waals surface area contributed by atoms with Crippen molar-refractivity contribution >= 4 is 45.9 Å². The number of phenols is 2. The van der Waals surface area contributed by atoms with E-state index in [0.717, 1.165) is 44.9 Å². The predicted octanol–water partition coefficient (Wildman–Crippen LogP) is 9.68. The lowest BCUT2D eigenvalue weighted by molar-refractivity contribution is 0.241. The third-order valence-electron chi connectivity index (χ3n) is 10.6. The molecular formula is C52H44N10O2. The van der Waals surface area contributed by atoms with Crippen molar-refractivity contribution in [1.82, 2.24) is 39.7 Å². The SMILES string of the molecule is Oc1ccc(CN(Cc2ccccn2)Cc2ccccn2)cc1C=Nc1cc2nc3ccccc3nc2cc1N=Cc1cc(CN(Cc2ccccn2)Cc2ccccn2)ccc1O. The Morgan fingerprint density at radius 3 is 1.09 bits per heavy atom. The highest BCUT2D eigenvalue weighted by Gasteiger charge is 2.15. The topological polar surface area (TPSA) is 149 Å². The second-order valence-corrected chi connectivity index (χ2v) is 15.4. The summed E-state index contributed by atoms with van der Waals surface area (Å²) in [6, 6.07) is 46.1. The number of aliphatic imine (C=N–C) groups is 2. The first-order valence-electron chi connectivity index (χ1n) is 20.9. The molecule has 12 heteroatoms. The number of aromatic hydroxyl groups is 2. The fourth-order valence-corrected chi connectivity index (χ4v) is 7.48. The Balaban J connectivity index is 1.02. The van der Waals surface area contributed by atoms with Crippen LogP contribution in [0.1, 0.15) is 45.0 Å². The molecule has 9 rings (SSSR count). The molecule has 0 saturated heterocycles. The van der Waals surface area contributed by atoms with Crippen molar-refractivity contribution in [2.75, 3.05) is 0 Å². The van der Waals surface area contributed by atoms with Gasteiger partial charge in [0, 0.05) is 87.6 Å². The average molecular weight is 841 g/mol. The minimum Gasteiger partial charge on any atom is -0.507 e.